The summed E-state index contributed by atoms with van der Waals surface area (Å²) >= 11 is 0. The molecule has 1 saturated heterocycles. The Morgan fingerprint density at radius 1 is 1.26 bits per heavy atom. The van der Waals surface area contributed by atoms with Crippen LogP contribution in [0.15, 0.2) is 36.5 Å². The summed E-state index contributed by atoms with van der Waals surface area (Å²) in [6.45, 7) is 1.40. The van der Waals surface area contributed by atoms with E-state index < -0.39 is 0 Å². The first kappa shape index (κ1) is 14.3. The fraction of sp³-hybridized carbons (Fsp3) is 0.444. The van der Waals surface area contributed by atoms with Crippen LogP contribution in [0.2, 0.25) is 0 Å². The minimum Gasteiger partial charge on any atom is -0.487 e. The second-order valence-corrected chi connectivity index (χ2v) is 6.48. The number of hydrogen-bond acceptors (Lipinski definition) is 3. The molecule has 1 aromatic carbocycles. The number of nitrogens with zero attached hydrogens (tertiary/aromatic N) is 3. The predicted octanol–water partition coefficient (Wildman–Crippen LogP) is 1.81. The standard InChI is InChI=1S/C18H21N3O2/c1-20-17-8-7-13(9-14(17)10-19-20)18(22)21-11-16(12-21)23-15-5-3-2-4-6-15/h2-6,10,13,16H,7-9,11-12H2,1H3. The van der Waals surface area contributed by atoms with Gasteiger partial charge in [-0.15, -0.1) is 0 Å². The molecule has 2 aromatic rings. The SMILES string of the molecule is Cn1ncc2c1CCC(C(=O)N1CC(Oc3ccccc3)C1)C2. The average Bonchev–Trinajstić information content (AvgIpc) is 2.92. The van der Waals surface area contributed by atoms with Gasteiger partial charge in [0.25, 0.3) is 0 Å². The van der Waals surface area contributed by atoms with Gasteiger partial charge in [0, 0.05) is 18.7 Å². The van der Waals surface area contributed by atoms with Crippen LogP contribution in [-0.2, 0) is 24.7 Å². The normalized spacial score (nSPS) is 20.7. The topological polar surface area (TPSA) is 47.4 Å². The zero-order valence-corrected chi connectivity index (χ0v) is 13.3. The Bertz CT molecular complexity index is 704. The van der Waals surface area contributed by atoms with Crippen molar-refractivity contribution in [2.75, 3.05) is 13.1 Å². The van der Waals surface area contributed by atoms with Crippen molar-refractivity contribution in [2.45, 2.75) is 25.4 Å². The highest BCUT2D eigenvalue weighted by atomic mass is 16.5. The van der Waals surface area contributed by atoms with Gasteiger partial charge >= 0.3 is 0 Å². The number of para-hydroxylation sites is 1. The van der Waals surface area contributed by atoms with Gasteiger partial charge < -0.3 is 9.64 Å². The molecule has 1 aliphatic heterocycles. The molecule has 2 aliphatic rings. The fourth-order valence-corrected chi connectivity index (χ4v) is 3.53. The summed E-state index contributed by atoms with van der Waals surface area (Å²) in [7, 11) is 1.97. The monoisotopic (exact) mass is 311 g/mol. The molecule has 1 unspecified atom stereocenters. The van der Waals surface area contributed by atoms with Crippen molar-refractivity contribution in [1.29, 1.82) is 0 Å². The van der Waals surface area contributed by atoms with E-state index in [-0.39, 0.29) is 17.9 Å². The van der Waals surface area contributed by atoms with Crippen LogP contribution in [0.4, 0.5) is 0 Å². The molecule has 120 valence electrons. The molecule has 1 aromatic heterocycles. The minimum absolute atomic E-state index is 0.101. The molecule has 0 spiro atoms. The van der Waals surface area contributed by atoms with Crippen molar-refractivity contribution < 1.29 is 9.53 Å². The maximum atomic E-state index is 12.6. The van der Waals surface area contributed by atoms with E-state index in [1.54, 1.807) is 0 Å². The number of likely N-dealkylation sites (tertiary alicyclic amines) is 1. The third-order valence-corrected chi connectivity index (χ3v) is 4.90. The number of carbonyl (C=O) groups is 1. The smallest absolute Gasteiger partial charge is 0.226 e. The average molecular weight is 311 g/mol. The number of fused-ring (bicyclic) bond motifs is 1. The van der Waals surface area contributed by atoms with Gasteiger partial charge in [0.15, 0.2) is 0 Å². The largest absolute Gasteiger partial charge is 0.487 e. The van der Waals surface area contributed by atoms with Crippen molar-refractivity contribution in [2.24, 2.45) is 13.0 Å². The van der Waals surface area contributed by atoms with Gasteiger partial charge in [-0.1, -0.05) is 18.2 Å². The van der Waals surface area contributed by atoms with Crippen LogP contribution in [0.5, 0.6) is 5.75 Å². The van der Waals surface area contributed by atoms with Gasteiger partial charge in [-0.05, 0) is 37.0 Å². The van der Waals surface area contributed by atoms with Crippen LogP contribution in [0.3, 0.4) is 0 Å². The minimum atomic E-state index is 0.101. The van der Waals surface area contributed by atoms with Gasteiger partial charge in [-0.2, -0.15) is 5.10 Å². The van der Waals surface area contributed by atoms with Crippen molar-refractivity contribution in [3.05, 3.63) is 47.8 Å². The molecule has 0 radical (unpaired) electrons. The Morgan fingerprint density at radius 2 is 2.04 bits per heavy atom. The van der Waals surface area contributed by atoms with E-state index in [1.807, 2.05) is 53.2 Å². The van der Waals surface area contributed by atoms with Gasteiger partial charge in [-0.3, -0.25) is 9.48 Å². The quantitative estimate of drug-likeness (QED) is 0.868. The second kappa shape index (κ2) is 5.72. The number of aromatic nitrogens is 2. The van der Waals surface area contributed by atoms with Crippen LogP contribution in [0.1, 0.15) is 17.7 Å². The van der Waals surface area contributed by atoms with E-state index in [9.17, 15) is 4.79 Å². The Labute approximate surface area is 135 Å². The highest BCUT2D eigenvalue weighted by Gasteiger charge is 2.37. The molecule has 2 heterocycles. The van der Waals surface area contributed by atoms with Crippen LogP contribution >= 0.6 is 0 Å². The highest BCUT2D eigenvalue weighted by molar-refractivity contribution is 5.80. The predicted molar refractivity (Wildman–Crippen MR) is 86.2 cm³/mol. The molecule has 5 heteroatoms. The Balaban J connectivity index is 1.32. The summed E-state index contributed by atoms with van der Waals surface area (Å²) < 4.78 is 7.80. The Kier molecular flexibility index (Phi) is 3.56. The number of rotatable bonds is 3. The first-order chi connectivity index (χ1) is 11.2. The second-order valence-electron chi connectivity index (χ2n) is 6.48. The molecule has 1 aliphatic carbocycles. The van der Waals surface area contributed by atoms with E-state index >= 15 is 0 Å². The number of amides is 1. The maximum absolute atomic E-state index is 12.6. The number of aryl methyl sites for hydroxylation is 1. The van der Waals surface area contributed by atoms with E-state index in [0.29, 0.717) is 13.1 Å². The lowest BCUT2D eigenvalue weighted by Crippen LogP contribution is -2.58. The molecule has 0 N–H and O–H groups in total. The van der Waals surface area contributed by atoms with E-state index in [4.69, 9.17) is 4.74 Å². The van der Waals surface area contributed by atoms with Gasteiger partial charge in [0.2, 0.25) is 5.91 Å². The number of benzene rings is 1. The lowest BCUT2D eigenvalue weighted by Gasteiger charge is -2.41. The van der Waals surface area contributed by atoms with Crippen molar-refractivity contribution in [3.63, 3.8) is 0 Å². The molecular formula is C18H21N3O2. The summed E-state index contributed by atoms with van der Waals surface area (Å²) in [5, 5.41) is 4.30. The molecular weight excluding hydrogens is 290 g/mol. The fourth-order valence-electron chi connectivity index (χ4n) is 3.53. The molecule has 0 saturated carbocycles. The number of ether oxygens (including phenoxy) is 1. The van der Waals surface area contributed by atoms with Gasteiger partial charge in [0.1, 0.15) is 11.9 Å². The Hall–Kier alpha value is -2.30. The van der Waals surface area contributed by atoms with Crippen LogP contribution in [0, 0.1) is 5.92 Å². The zero-order chi connectivity index (χ0) is 15.8. The molecule has 1 fully saturated rings. The van der Waals surface area contributed by atoms with Crippen LogP contribution in [0.25, 0.3) is 0 Å². The lowest BCUT2D eigenvalue weighted by atomic mass is 9.86. The zero-order valence-electron chi connectivity index (χ0n) is 13.3. The third-order valence-electron chi connectivity index (χ3n) is 4.90. The summed E-state index contributed by atoms with van der Waals surface area (Å²) in [4.78, 5) is 14.6. The highest BCUT2D eigenvalue weighted by Crippen LogP contribution is 2.28. The molecule has 23 heavy (non-hydrogen) atoms. The van der Waals surface area contributed by atoms with E-state index in [2.05, 4.69) is 5.10 Å². The lowest BCUT2D eigenvalue weighted by molar-refractivity contribution is -0.144. The molecule has 5 nitrogen and oxygen atoms in total. The summed E-state index contributed by atoms with van der Waals surface area (Å²) in [5.74, 6) is 1.25. The van der Waals surface area contributed by atoms with Gasteiger partial charge in [-0.25, -0.2) is 0 Å². The van der Waals surface area contributed by atoms with E-state index in [0.717, 1.165) is 25.0 Å². The maximum Gasteiger partial charge on any atom is 0.226 e. The molecule has 0 bridgehead atoms. The molecule has 1 amide bonds. The summed E-state index contributed by atoms with van der Waals surface area (Å²) in [5.41, 5.74) is 2.51. The summed E-state index contributed by atoms with van der Waals surface area (Å²) in [6.07, 6.45) is 4.72. The van der Waals surface area contributed by atoms with Crippen LogP contribution in [-0.4, -0.2) is 39.8 Å². The first-order valence-electron chi connectivity index (χ1n) is 8.21. The summed E-state index contributed by atoms with van der Waals surface area (Å²) in [6, 6.07) is 9.80. The van der Waals surface area contributed by atoms with E-state index in [1.165, 1.54) is 11.3 Å². The van der Waals surface area contributed by atoms with Gasteiger partial charge in [0.05, 0.1) is 19.3 Å². The molecule has 4 rings (SSSR count). The van der Waals surface area contributed by atoms with Crippen molar-refractivity contribution >= 4 is 5.91 Å². The number of hydrogen-bond donors (Lipinski definition) is 0. The number of carbonyl (C=O) groups excluding carboxylic acids is 1. The van der Waals surface area contributed by atoms with Crippen molar-refractivity contribution in [1.82, 2.24) is 14.7 Å². The van der Waals surface area contributed by atoms with Crippen LogP contribution < -0.4 is 4.74 Å². The molecule has 1 atom stereocenters. The Morgan fingerprint density at radius 3 is 2.83 bits per heavy atom. The third kappa shape index (κ3) is 2.71. The first-order valence-corrected chi connectivity index (χ1v) is 8.21. The van der Waals surface area contributed by atoms with Crippen molar-refractivity contribution in [3.8, 4) is 5.75 Å².